The van der Waals surface area contributed by atoms with Crippen molar-refractivity contribution in [3.05, 3.63) is 59.4 Å². The maximum atomic E-state index is 14.4. The minimum Gasteiger partial charge on any atom is -0.497 e. The molecule has 0 radical (unpaired) electrons. The van der Waals surface area contributed by atoms with E-state index in [2.05, 4.69) is 0 Å². The molecule has 1 atom stereocenters. The van der Waals surface area contributed by atoms with Gasteiger partial charge in [0.1, 0.15) is 17.3 Å². The van der Waals surface area contributed by atoms with Crippen LogP contribution in [0.3, 0.4) is 0 Å². The molecule has 2 aromatic carbocycles. The highest BCUT2D eigenvalue weighted by Crippen LogP contribution is 2.37. The monoisotopic (exact) mass is 429 g/mol. The first-order chi connectivity index (χ1) is 14.9. The van der Waals surface area contributed by atoms with E-state index in [1.807, 2.05) is 0 Å². The predicted octanol–water partition coefficient (Wildman–Crippen LogP) is 3.87. The Labute approximate surface area is 181 Å². The van der Waals surface area contributed by atoms with E-state index < -0.39 is 11.4 Å². The number of hydrogen-bond acceptors (Lipinski definition) is 5. The van der Waals surface area contributed by atoms with Gasteiger partial charge in [-0.1, -0.05) is 18.2 Å². The lowest BCUT2D eigenvalue weighted by molar-refractivity contribution is -0.158. The van der Waals surface area contributed by atoms with Crippen LogP contribution in [0.4, 0.5) is 4.39 Å². The second kappa shape index (κ2) is 9.81. The van der Waals surface area contributed by atoms with E-state index in [4.69, 9.17) is 14.2 Å². The number of nitrogens with zero attached hydrogens (tertiary/aromatic N) is 1. The van der Waals surface area contributed by atoms with Crippen molar-refractivity contribution >= 4 is 11.9 Å². The molecule has 0 N–H and O–H groups in total. The fourth-order valence-corrected chi connectivity index (χ4v) is 4.09. The molecular formula is C24H28FNO5. The molecule has 6 nitrogen and oxygen atoms in total. The lowest BCUT2D eigenvalue weighted by Gasteiger charge is -2.41. The van der Waals surface area contributed by atoms with E-state index in [0.29, 0.717) is 42.0 Å². The normalized spacial score (nSPS) is 18.4. The van der Waals surface area contributed by atoms with E-state index in [-0.39, 0.29) is 31.3 Å². The van der Waals surface area contributed by atoms with Crippen molar-refractivity contribution in [1.82, 2.24) is 4.90 Å². The Morgan fingerprint density at radius 3 is 2.39 bits per heavy atom. The molecular weight excluding hydrogens is 401 g/mol. The van der Waals surface area contributed by atoms with Crippen LogP contribution in [0.25, 0.3) is 0 Å². The number of halogens is 1. The molecule has 166 valence electrons. The number of hydrogen-bond donors (Lipinski definition) is 0. The van der Waals surface area contributed by atoms with E-state index in [1.54, 1.807) is 48.2 Å². The molecule has 1 saturated heterocycles. The van der Waals surface area contributed by atoms with Crippen molar-refractivity contribution < 1.29 is 28.2 Å². The lowest BCUT2D eigenvalue weighted by Crippen LogP contribution is -2.51. The molecule has 0 spiro atoms. The molecule has 3 rings (SSSR count). The summed E-state index contributed by atoms with van der Waals surface area (Å²) < 4.78 is 30.3. The molecule has 7 heteroatoms. The summed E-state index contributed by atoms with van der Waals surface area (Å²) >= 11 is 0. The smallest absolute Gasteiger partial charge is 0.314 e. The Morgan fingerprint density at radius 2 is 1.77 bits per heavy atom. The highest BCUT2D eigenvalue weighted by Gasteiger charge is 2.45. The van der Waals surface area contributed by atoms with Gasteiger partial charge in [0, 0.05) is 24.7 Å². The number of piperidine rings is 1. The predicted molar refractivity (Wildman–Crippen MR) is 114 cm³/mol. The largest absolute Gasteiger partial charge is 0.497 e. The molecule has 0 saturated carbocycles. The lowest BCUT2D eigenvalue weighted by atomic mass is 9.74. The number of methoxy groups -OCH3 is 2. The molecule has 1 amide bonds. The van der Waals surface area contributed by atoms with Crippen molar-refractivity contribution in [2.24, 2.45) is 5.41 Å². The van der Waals surface area contributed by atoms with Crippen LogP contribution in [0, 0.1) is 11.2 Å². The topological polar surface area (TPSA) is 65.1 Å². The fourth-order valence-electron chi connectivity index (χ4n) is 4.09. The van der Waals surface area contributed by atoms with E-state index in [1.165, 1.54) is 20.3 Å². The van der Waals surface area contributed by atoms with Crippen LogP contribution >= 0.6 is 0 Å². The number of carbonyl (C=O) groups excluding carboxylic acids is 2. The summed E-state index contributed by atoms with van der Waals surface area (Å²) in [5.74, 6) is -0.00400. The zero-order valence-electron chi connectivity index (χ0n) is 18.2. The van der Waals surface area contributed by atoms with Crippen molar-refractivity contribution in [1.29, 1.82) is 0 Å². The van der Waals surface area contributed by atoms with Crippen molar-refractivity contribution in [2.75, 3.05) is 33.9 Å². The maximum absolute atomic E-state index is 14.4. The standard InChI is InChI=1S/C24H28FNO5/c1-4-31-23(28)24(15-17-8-5-6-9-21(17)25)10-7-11-26(16-24)22(27)18-12-19(29-2)14-20(13-18)30-3/h5-6,8-9,12-14H,4,7,10-11,15-16H2,1-3H3. The van der Waals surface area contributed by atoms with E-state index >= 15 is 0 Å². The SMILES string of the molecule is CCOC(=O)C1(Cc2ccccc2F)CCCN(C(=O)c2cc(OC)cc(OC)c2)C1. The number of rotatable bonds is 7. The molecule has 1 heterocycles. The Bertz CT molecular complexity index is 925. The fraction of sp³-hybridized carbons (Fsp3) is 0.417. The van der Waals surface area contributed by atoms with Gasteiger partial charge >= 0.3 is 5.97 Å². The summed E-state index contributed by atoms with van der Waals surface area (Å²) in [6.07, 6.45) is 1.30. The summed E-state index contributed by atoms with van der Waals surface area (Å²) in [7, 11) is 3.04. The van der Waals surface area contributed by atoms with Gasteiger partial charge in [0.15, 0.2) is 0 Å². The van der Waals surface area contributed by atoms with Gasteiger partial charge in [-0.05, 0) is 49.9 Å². The van der Waals surface area contributed by atoms with Gasteiger partial charge in [-0.3, -0.25) is 9.59 Å². The zero-order valence-corrected chi connectivity index (χ0v) is 18.2. The Kier molecular flexibility index (Phi) is 7.15. The Balaban J connectivity index is 1.92. The number of likely N-dealkylation sites (tertiary alicyclic amines) is 1. The molecule has 1 unspecified atom stereocenters. The van der Waals surface area contributed by atoms with Crippen molar-refractivity contribution in [3.63, 3.8) is 0 Å². The number of ether oxygens (including phenoxy) is 3. The first-order valence-corrected chi connectivity index (χ1v) is 10.4. The molecule has 0 aliphatic carbocycles. The summed E-state index contributed by atoms with van der Waals surface area (Å²) in [4.78, 5) is 28.0. The van der Waals surface area contributed by atoms with Gasteiger partial charge in [0.05, 0.1) is 26.2 Å². The van der Waals surface area contributed by atoms with E-state index in [0.717, 1.165) is 0 Å². The second-order valence-corrected chi connectivity index (χ2v) is 7.70. The summed E-state index contributed by atoms with van der Waals surface area (Å²) in [6.45, 7) is 2.61. The van der Waals surface area contributed by atoms with Gasteiger partial charge in [-0.15, -0.1) is 0 Å². The average molecular weight is 429 g/mol. The maximum Gasteiger partial charge on any atom is 0.314 e. The minimum absolute atomic E-state index is 0.151. The minimum atomic E-state index is -1.00. The Hall–Kier alpha value is -3.09. The van der Waals surface area contributed by atoms with Crippen LogP contribution < -0.4 is 9.47 Å². The first kappa shape index (κ1) is 22.6. The quantitative estimate of drug-likeness (QED) is 0.625. The number of esters is 1. The third-order valence-electron chi connectivity index (χ3n) is 5.66. The van der Waals surface area contributed by atoms with Crippen molar-refractivity contribution in [2.45, 2.75) is 26.2 Å². The highest BCUT2D eigenvalue weighted by atomic mass is 19.1. The third-order valence-corrected chi connectivity index (χ3v) is 5.66. The van der Waals surface area contributed by atoms with Crippen LogP contribution in [0.1, 0.15) is 35.7 Å². The molecule has 1 fully saturated rings. The average Bonchev–Trinajstić information content (AvgIpc) is 2.80. The van der Waals surface area contributed by atoms with Crippen LogP contribution in [0.5, 0.6) is 11.5 Å². The van der Waals surface area contributed by atoms with Crippen LogP contribution in [-0.2, 0) is 16.0 Å². The van der Waals surface area contributed by atoms with Crippen molar-refractivity contribution in [3.8, 4) is 11.5 Å². The van der Waals surface area contributed by atoms with Crippen LogP contribution in [0.15, 0.2) is 42.5 Å². The number of benzene rings is 2. The molecule has 2 aromatic rings. The highest BCUT2D eigenvalue weighted by molar-refractivity contribution is 5.95. The molecule has 31 heavy (non-hydrogen) atoms. The summed E-state index contributed by atoms with van der Waals surface area (Å²) in [5, 5.41) is 0. The molecule has 1 aliphatic rings. The Morgan fingerprint density at radius 1 is 1.10 bits per heavy atom. The van der Waals surface area contributed by atoms with Crippen LogP contribution in [0.2, 0.25) is 0 Å². The van der Waals surface area contributed by atoms with E-state index in [9.17, 15) is 14.0 Å². The molecule has 1 aliphatic heterocycles. The number of carbonyl (C=O) groups is 2. The van der Waals surface area contributed by atoms with Gasteiger partial charge in [-0.25, -0.2) is 4.39 Å². The van der Waals surface area contributed by atoms with Gasteiger partial charge < -0.3 is 19.1 Å². The third kappa shape index (κ3) is 4.98. The first-order valence-electron chi connectivity index (χ1n) is 10.4. The van der Waals surface area contributed by atoms with Gasteiger partial charge in [-0.2, -0.15) is 0 Å². The summed E-state index contributed by atoms with van der Waals surface area (Å²) in [6, 6.07) is 11.4. The van der Waals surface area contributed by atoms with Crippen LogP contribution in [-0.4, -0.2) is 50.7 Å². The molecule has 0 bridgehead atoms. The van der Waals surface area contributed by atoms with Gasteiger partial charge in [0.2, 0.25) is 0 Å². The molecule has 0 aromatic heterocycles. The zero-order chi connectivity index (χ0) is 22.4. The van der Waals surface area contributed by atoms with Gasteiger partial charge in [0.25, 0.3) is 5.91 Å². The number of amides is 1. The second-order valence-electron chi connectivity index (χ2n) is 7.70. The summed E-state index contributed by atoms with van der Waals surface area (Å²) in [5.41, 5.74) is -0.163.